The van der Waals surface area contributed by atoms with Crippen LogP contribution in [0.1, 0.15) is 25.3 Å². The highest BCUT2D eigenvalue weighted by Gasteiger charge is 2.31. The Morgan fingerprint density at radius 1 is 1.11 bits per heavy atom. The fourth-order valence-electron chi connectivity index (χ4n) is 3.15. The Hall–Kier alpha value is -2.54. The lowest BCUT2D eigenvalue weighted by molar-refractivity contribution is -0.122. The molecule has 0 heterocycles. The summed E-state index contributed by atoms with van der Waals surface area (Å²) in [5.41, 5.74) is 1.56. The highest BCUT2D eigenvalue weighted by molar-refractivity contribution is 7.92. The average molecular weight is 405 g/mol. The van der Waals surface area contributed by atoms with Crippen LogP contribution in [0.25, 0.3) is 0 Å². The van der Waals surface area contributed by atoms with E-state index in [9.17, 15) is 13.2 Å². The summed E-state index contributed by atoms with van der Waals surface area (Å²) >= 11 is 0. The number of nitrogens with zero attached hydrogens (tertiary/aromatic N) is 1. The molecule has 0 spiro atoms. The third kappa shape index (κ3) is 5.73. The van der Waals surface area contributed by atoms with Crippen LogP contribution in [0.3, 0.4) is 0 Å². The second-order valence-electron chi connectivity index (χ2n) is 6.52. The van der Waals surface area contributed by atoms with E-state index < -0.39 is 16.1 Å². The van der Waals surface area contributed by atoms with Gasteiger partial charge in [0.2, 0.25) is 15.9 Å². The monoisotopic (exact) mass is 404 g/mol. The summed E-state index contributed by atoms with van der Waals surface area (Å²) in [6.45, 7) is 2.26. The zero-order valence-electron chi connectivity index (χ0n) is 16.6. The molecule has 2 aromatic rings. The van der Waals surface area contributed by atoms with E-state index in [-0.39, 0.29) is 5.91 Å². The summed E-state index contributed by atoms with van der Waals surface area (Å²) in [6.07, 6.45) is 2.99. The van der Waals surface area contributed by atoms with Crippen molar-refractivity contribution in [3.05, 3.63) is 60.2 Å². The quantitative estimate of drug-likeness (QED) is 0.618. The van der Waals surface area contributed by atoms with Gasteiger partial charge in [0.15, 0.2) is 0 Å². The summed E-state index contributed by atoms with van der Waals surface area (Å²) in [5.74, 6) is 0.532. The summed E-state index contributed by atoms with van der Waals surface area (Å²) in [5, 5.41) is 2.88. The van der Waals surface area contributed by atoms with Gasteiger partial charge >= 0.3 is 0 Å². The van der Waals surface area contributed by atoms with Gasteiger partial charge in [0, 0.05) is 6.54 Å². The number of anilines is 1. The van der Waals surface area contributed by atoms with E-state index in [1.54, 1.807) is 38.3 Å². The molecule has 0 saturated heterocycles. The molecule has 1 unspecified atom stereocenters. The molecule has 0 aliphatic rings. The van der Waals surface area contributed by atoms with Gasteiger partial charge in [0.1, 0.15) is 11.8 Å². The number of rotatable bonds is 10. The van der Waals surface area contributed by atoms with Gasteiger partial charge < -0.3 is 10.1 Å². The Morgan fingerprint density at radius 3 is 2.36 bits per heavy atom. The number of nitrogens with one attached hydrogen (secondary N) is 1. The number of ether oxygens (including phenoxy) is 1. The standard InChI is InChI=1S/C21H28N2O4S/c1-4-19(23(28(3,25)26)18-13-6-5-7-14-18)21(24)22-16-10-12-17-11-8-9-15-20(17)27-2/h5-9,11,13-15,19H,4,10,12,16H2,1-3H3,(H,22,24). The maximum Gasteiger partial charge on any atom is 0.243 e. The Morgan fingerprint density at radius 2 is 1.75 bits per heavy atom. The molecule has 0 aromatic heterocycles. The molecule has 2 rings (SSSR count). The normalized spacial score (nSPS) is 12.2. The van der Waals surface area contributed by atoms with E-state index in [4.69, 9.17) is 4.74 Å². The van der Waals surface area contributed by atoms with Crippen molar-refractivity contribution < 1.29 is 17.9 Å². The number of carbonyl (C=O) groups excluding carboxylic acids is 1. The molecule has 1 N–H and O–H groups in total. The molecule has 2 aromatic carbocycles. The van der Waals surface area contributed by atoms with Crippen LogP contribution in [0.5, 0.6) is 5.75 Å². The molecule has 1 atom stereocenters. The first-order valence-electron chi connectivity index (χ1n) is 9.32. The largest absolute Gasteiger partial charge is 0.496 e. The number of carbonyl (C=O) groups is 1. The van der Waals surface area contributed by atoms with Gasteiger partial charge in [-0.05, 0) is 43.0 Å². The predicted octanol–water partition coefficient (Wildman–Crippen LogP) is 2.99. The first-order chi connectivity index (χ1) is 13.4. The van der Waals surface area contributed by atoms with Crippen molar-refractivity contribution >= 4 is 21.6 Å². The minimum Gasteiger partial charge on any atom is -0.496 e. The highest BCUT2D eigenvalue weighted by atomic mass is 32.2. The van der Waals surface area contributed by atoms with Crippen molar-refractivity contribution in [1.82, 2.24) is 5.32 Å². The molecule has 0 bridgehead atoms. The molecule has 0 saturated carbocycles. The van der Waals surface area contributed by atoms with Crippen LogP contribution >= 0.6 is 0 Å². The maximum absolute atomic E-state index is 12.7. The number of sulfonamides is 1. The minimum atomic E-state index is -3.60. The SMILES string of the molecule is CCC(C(=O)NCCCc1ccccc1OC)N(c1ccccc1)S(C)(=O)=O. The van der Waals surface area contributed by atoms with Gasteiger partial charge in [-0.25, -0.2) is 8.42 Å². The number of methoxy groups -OCH3 is 1. The van der Waals surface area contributed by atoms with E-state index in [2.05, 4.69) is 5.32 Å². The van der Waals surface area contributed by atoms with Crippen molar-refractivity contribution in [2.75, 3.05) is 24.2 Å². The van der Waals surface area contributed by atoms with Crippen molar-refractivity contribution in [3.63, 3.8) is 0 Å². The number of hydrogen-bond acceptors (Lipinski definition) is 4. The van der Waals surface area contributed by atoms with E-state index >= 15 is 0 Å². The van der Waals surface area contributed by atoms with Crippen molar-refractivity contribution in [2.45, 2.75) is 32.2 Å². The molecular weight excluding hydrogens is 376 g/mol. The van der Waals surface area contributed by atoms with Crippen LogP contribution in [0, 0.1) is 0 Å². The number of para-hydroxylation sites is 2. The number of amides is 1. The zero-order valence-corrected chi connectivity index (χ0v) is 17.4. The van der Waals surface area contributed by atoms with Crippen LogP contribution in [0.15, 0.2) is 54.6 Å². The number of benzene rings is 2. The summed E-state index contributed by atoms with van der Waals surface area (Å²) in [6, 6.07) is 15.7. The average Bonchev–Trinajstić information content (AvgIpc) is 2.69. The molecule has 6 nitrogen and oxygen atoms in total. The molecule has 0 aliphatic carbocycles. The number of hydrogen-bond donors (Lipinski definition) is 1. The van der Waals surface area contributed by atoms with Gasteiger partial charge in [-0.2, -0.15) is 0 Å². The van der Waals surface area contributed by atoms with Crippen LogP contribution in [0.2, 0.25) is 0 Å². The second kappa shape index (κ2) is 10.1. The van der Waals surface area contributed by atoms with Crippen LogP contribution in [-0.4, -0.2) is 40.3 Å². The van der Waals surface area contributed by atoms with E-state index in [0.717, 1.165) is 30.4 Å². The second-order valence-corrected chi connectivity index (χ2v) is 8.38. The van der Waals surface area contributed by atoms with Crippen LogP contribution < -0.4 is 14.4 Å². The van der Waals surface area contributed by atoms with Gasteiger partial charge in [-0.15, -0.1) is 0 Å². The van der Waals surface area contributed by atoms with Crippen LogP contribution in [0.4, 0.5) is 5.69 Å². The van der Waals surface area contributed by atoms with Crippen molar-refractivity contribution in [1.29, 1.82) is 0 Å². The smallest absolute Gasteiger partial charge is 0.243 e. The molecular formula is C21H28N2O4S. The molecule has 1 amide bonds. The summed E-state index contributed by atoms with van der Waals surface area (Å²) in [4.78, 5) is 12.7. The molecule has 0 radical (unpaired) electrons. The lowest BCUT2D eigenvalue weighted by atomic mass is 10.1. The highest BCUT2D eigenvalue weighted by Crippen LogP contribution is 2.22. The Balaban J connectivity index is 2.02. The first kappa shape index (κ1) is 21.8. The fraction of sp³-hybridized carbons (Fsp3) is 0.381. The topological polar surface area (TPSA) is 75.7 Å². The lowest BCUT2D eigenvalue weighted by Gasteiger charge is -2.30. The maximum atomic E-state index is 12.7. The van der Waals surface area contributed by atoms with Gasteiger partial charge in [0.25, 0.3) is 0 Å². The number of aryl methyl sites for hydroxylation is 1. The zero-order chi connectivity index (χ0) is 20.6. The van der Waals surface area contributed by atoms with Crippen molar-refractivity contribution in [2.24, 2.45) is 0 Å². The first-order valence-corrected chi connectivity index (χ1v) is 11.2. The van der Waals surface area contributed by atoms with Gasteiger partial charge in [-0.3, -0.25) is 9.10 Å². The molecule has 0 fully saturated rings. The van der Waals surface area contributed by atoms with Crippen LogP contribution in [-0.2, 0) is 21.2 Å². The minimum absolute atomic E-state index is 0.295. The Kier molecular flexibility index (Phi) is 7.87. The predicted molar refractivity (Wildman–Crippen MR) is 112 cm³/mol. The third-order valence-electron chi connectivity index (χ3n) is 4.46. The van der Waals surface area contributed by atoms with E-state index in [1.807, 2.05) is 30.3 Å². The molecule has 7 heteroatoms. The van der Waals surface area contributed by atoms with Gasteiger partial charge in [-0.1, -0.05) is 43.3 Å². The Bertz CT molecular complexity index is 869. The summed E-state index contributed by atoms with van der Waals surface area (Å²) < 4.78 is 31.2. The van der Waals surface area contributed by atoms with Gasteiger partial charge in [0.05, 0.1) is 19.1 Å². The lowest BCUT2D eigenvalue weighted by Crippen LogP contribution is -2.49. The molecule has 0 aliphatic heterocycles. The summed E-state index contributed by atoms with van der Waals surface area (Å²) in [7, 11) is -1.97. The molecule has 28 heavy (non-hydrogen) atoms. The molecule has 152 valence electrons. The third-order valence-corrected chi connectivity index (χ3v) is 5.63. The van der Waals surface area contributed by atoms with E-state index in [0.29, 0.717) is 18.7 Å². The van der Waals surface area contributed by atoms with Crippen molar-refractivity contribution in [3.8, 4) is 5.75 Å². The van der Waals surface area contributed by atoms with E-state index in [1.165, 1.54) is 4.31 Å². The Labute approximate surface area is 167 Å². The fourth-order valence-corrected chi connectivity index (χ4v) is 4.36.